The molecule has 0 radical (unpaired) electrons. The van der Waals surface area contributed by atoms with Crippen molar-refractivity contribution in [1.29, 1.82) is 0 Å². The van der Waals surface area contributed by atoms with Crippen LogP contribution in [0.2, 0.25) is 0 Å². The van der Waals surface area contributed by atoms with Crippen LogP contribution < -0.4 is 0 Å². The summed E-state index contributed by atoms with van der Waals surface area (Å²) < 4.78 is 0. The molecule has 0 aromatic heterocycles. The number of phenols is 1. The van der Waals surface area contributed by atoms with Crippen LogP contribution in [0.4, 0.5) is 0 Å². The first-order valence-corrected chi connectivity index (χ1v) is 13.8. The molecule has 7 aromatic rings. The van der Waals surface area contributed by atoms with Crippen molar-refractivity contribution < 1.29 is 5.11 Å². The highest BCUT2D eigenvalue weighted by Crippen LogP contribution is 2.46. The zero-order valence-electron chi connectivity index (χ0n) is 21.9. The normalized spacial score (nSPS) is 12.0. The standard InChI is InChI=1S/C39H26O/c40-35-17-15-27(16-18-35)36-23-34(31-12-10-26-6-2-4-8-29(26)20-31)24-39-37-21-32(13-14-33(37)22-38(36)39)30-11-9-25-5-1-3-7-28(25)19-30/h1-21,23-24,40H,22H2. The molecule has 0 saturated heterocycles. The summed E-state index contributed by atoms with van der Waals surface area (Å²) in [5.74, 6) is 0.286. The third-order valence-electron chi connectivity index (χ3n) is 8.36. The van der Waals surface area contributed by atoms with Crippen LogP contribution in [0.3, 0.4) is 0 Å². The Morgan fingerprint density at radius 2 is 0.875 bits per heavy atom. The lowest BCUT2D eigenvalue weighted by atomic mass is 9.90. The summed E-state index contributed by atoms with van der Waals surface area (Å²) in [4.78, 5) is 0. The Balaban J connectivity index is 1.32. The van der Waals surface area contributed by atoms with Crippen molar-refractivity contribution in [1.82, 2.24) is 0 Å². The fourth-order valence-electron chi connectivity index (χ4n) is 6.26. The average molecular weight is 511 g/mol. The summed E-state index contributed by atoms with van der Waals surface area (Å²) in [5, 5.41) is 15.0. The average Bonchev–Trinajstić information content (AvgIpc) is 3.38. The Morgan fingerprint density at radius 3 is 1.55 bits per heavy atom. The van der Waals surface area contributed by atoms with E-state index in [0.29, 0.717) is 0 Å². The predicted molar refractivity (Wildman–Crippen MR) is 168 cm³/mol. The predicted octanol–water partition coefficient (Wildman–Crippen LogP) is 10.3. The summed E-state index contributed by atoms with van der Waals surface area (Å²) in [5.41, 5.74) is 12.5. The van der Waals surface area contributed by atoms with Crippen molar-refractivity contribution in [2.75, 3.05) is 0 Å². The molecule has 0 atom stereocenters. The fourth-order valence-corrected chi connectivity index (χ4v) is 6.26. The van der Waals surface area contributed by atoms with E-state index in [1.165, 1.54) is 71.6 Å². The quantitative estimate of drug-likeness (QED) is 0.251. The SMILES string of the molecule is Oc1ccc(-c2cc(-c3ccc4ccccc4c3)cc3c2Cc2ccc(-c4ccc5ccccc5c4)cc2-3)cc1. The molecule has 1 heteroatoms. The number of hydrogen-bond donors (Lipinski definition) is 1. The number of phenolic OH excluding ortho intramolecular Hbond substituents is 1. The molecule has 0 saturated carbocycles. The molecule has 188 valence electrons. The molecule has 0 fully saturated rings. The van der Waals surface area contributed by atoms with Crippen LogP contribution in [-0.2, 0) is 6.42 Å². The van der Waals surface area contributed by atoms with Gasteiger partial charge >= 0.3 is 0 Å². The molecule has 0 aliphatic heterocycles. The molecule has 0 spiro atoms. The summed E-state index contributed by atoms with van der Waals surface area (Å²) >= 11 is 0. The zero-order chi connectivity index (χ0) is 26.6. The molecule has 40 heavy (non-hydrogen) atoms. The van der Waals surface area contributed by atoms with Gasteiger partial charge in [-0.15, -0.1) is 0 Å². The van der Waals surface area contributed by atoms with Gasteiger partial charge in [0.1, 0.15) is 5.75 Å². The van der Waals surface area contributed by atoms with Gasteiger partial charge in [-0.3, -0.25) is 0 Å². The van der Waals surface area contributed by atoms with Gasteiger partial charge in [0.25, 0.3) is 0 Å². The Hall–Kier alpha value is -5.14. The van der Waals surface area contributed by atoms with E-state index in [-0.39, 0.29) is 5.75 Å². The van der Waals surface area contributed by atoms with E-state index in [9.17, 15) is 5.11 Å². The van der Waals surface area contributed by atoms with Gasteiger partial charge in [-0.2, -0.15) is 0 Å². The first-order chi connectivity index (χ1) is 19.7. The van der Waals surface area contributed by atoms with Gasteiger partial charge in [0.2, 0.25) is 0 Å². The second kappa shape index (κ2) is 8.97. The van der Waals surface area contributed by atoms with Crippen molar-refractivity contribution in [2.45, 2.75) is 6.42 Å². The maximum absolute atomic E-state index is 9.98. The van der Waals surface area contributed by atoms with Crippen molar-refractivity contribution in [3.05, 3.63) is 151 Å². The van der Waals surface area contributed by atoms with E-state index >= 15 is 0 Å². The monoisotopic (exact) mass is 510 g/mol. The van der Waals surface area contributed by atoms with E-state index < -0.39 is 0 Å². The first-order valence-electron chi connectivity index (χ1n) is 13.8. The van der Waals surface area contributed by atoms with Gasteiger partial charge in [0, 0.05) is 0 Å². The highest BCUT2D eigenvalue weighted by atomic mass is 16.3. The Kier molecular flexibility index (Phi) is 5.11. The van der Waals surface area contributed by atoms with Crippen LogP contribution in [-0.4, -0.2) is 5.11 Å². The van der Waals surface area contributed by atoms with E-state index in [1.54, 1.807) is 12.1 Å². The summed E-state index contributed by atoms with van der Waals surface area (Å²) in [6.45, 7) is 0. The summed E-state index contributed by atoms with van der Waals surface area (Å²) in [7, 11) is 0. The number of benzene rings is 7. The maximum atomic E-state index is 9.98. The van der Waals surface area contributed by atoms with E-state index in [1.807, 2.05) is 12.1 Å². The Labute approximate surface area is 233 Å². The topological polar surface area (TPSA) is 20.2 Å². The van der Waals surface area contributed by atoms with Crippen LogP contribution in [0.1, 0.15) is 11.1 Å². The minimum absolute atomic E-state index is 0.286. The van der Waals surface area contributed by atoms with Crippen LogP contribution in [0.5, 0.6) is 5.75 Å². The molecule has 1 nitrogen and oxygen atoms in total. The molecule has 1 aliphatic rings. The van der Waals surface area contributed by atoms with Gasteiger partial charge in [0.05, 0.1) is 0 Å². The van der Waals surface area contributed by atoms with Gasteiger partial charge in [-0.05, 0) is 126 Å². The van der Waals surface area contributed by atoms with Crippen molar-refractivity contribution in [3.8, 4) is 50.3 Å². The van der Waals surface area contributed by atoms with Crippen LogP contribution in [0, 0.1) is 0 Å². The highest BCUT2D eigenvalue weighted by molar-refractivity contribution is 5.94. The smallest absolute Gasteiger partial charge is 0.115 e. The van der Waals surface area contributed by atoms with E-state index in [2.05, 4.69) is 115 Å². The van der Waals surface area contributed by atoms with Crippen LogP contribution >= 0.6 is 0 Å². The second-order valence-corrected chi connectivity index (χ2v) is 10.8. The molecular formula is C39H26O. The largest absolute Gasteiger partial charge is 0.508 e. The summed E-state index contributed by atoms with van der Waals surface area (Å²) in [6.07, 6.45) is 0.900. The third kappa shape index (κ3) is 3.79. The molecular weight excluding hydrogens is 484 g/mol. The third-order valence-corrected chi connectivity index (χ3v) is 8.36. The fraction of sp³-hybridized carbons (Fsp3) is 0.0256. The number of hydrogen-bond acceptors (Lipinski definition) is 1. The lowest BCUT2D eigenvalue weighted by Gasteiger charge is -2.14. The van der Waals surface area contributed by atoms with Crippen LogP contribution in [0.25, 0.3) is 66.1 Å². The molecule has 8 rings (SSSR count). The molecule has 0 heterocycles. The maximum Gasteiger partial charge on any atom is 0.115 e. The van der Waals surface area contributed by atoms with Crippen LogP contribution in [0.15, 0.2) is 140 Å². The Morgan fingerprint density at radius 1 is 0.375 bits per heavy atom. The second-order valence-electron chi connectivity index (χ2n) is 10.8. The molecule has 1 N–H and O–H groups in total. The summed E-state index contributed by atoms with van der Waals surface area (Å²) in [6, 6.07) is 49.8. The zero-order valence-corrected chi connectivity index (χ0v) is 21.9. The Bertz CT molecular complexity index is 2080. The van der Waals surface area contributed by atoms with Gasteiger partial charge in [-0.1, -0.05) is 97.1 Å². The van der Waals surface area contributed by atoms with Gasteiger partial charge < -0.3 is 5.11 Å². The molecule has 0 unspecified atom stereocenters. The lowest BCUT2D eigenvalue weighted by molar-refractivity contribution is 0.475. The van der Waals surface area contributed by atoms with E-state index in [0.717, 1.165) is 12.0 Å². The molecule has 7 aromatic carbocycles. The van der Waals surface area contributed by atoms with Gasteiger partial charge in [0.15, 0.2) is 0 Å². The number of fused-ring (bicyclic) bond motifs is 5. The minimum Gasteiger partial charge on any atom is -0.508 e. The number of aromatic hydroxyl groups is 1. The number of rotatable bonds is 3. The van der Waals surface area contributed by atoms with Gasteiger partial charge in [-0.25, -0.2) is 0 Å². The van der Waals surface area contributed by atoms with Crippen molar-refractivity contribution in [2.24, 2.45) is 0 Å². The molecule has 0 bridgehead atoms. The first kappa shape index (κ1) is 22.8. The lowest BCUT2D eigenvalue weighted by Crippen LogP contribution is -1.91. The minimum atomic E-state index is 0.286. The molecule has 0 amide bonds. The highest BCUT2D eigenvalue weighted by Gasteiger charge is 2.24. The molecule has 1 aliphatic carbocycles. The van der Waals surface area contributed by atoms with Crippen molar-refractivity contribution >= 4 is 21.5 Å². The van der Waals surface area contributed by atoms with Crippen molar-refractivity contribution in [3.63, 3.8) is 0 Å². The van der Waals surface area contributed by atoms with E-state index in [4.69, 9.17) is 0 Å².